The fourth-order valence-corrected chi connectivity index (χ4v) is 1.68. The van der Waals surface area contributed by atoms with Crippen LogP contribution in [0.3, 0.4) is 0 Å². The highest BCUT2D eigenvalue weighted by Crippen LogP contribution is 2.29. The molecular weight excluding hydrogens is 281 g/mol. The van der Waals surface area contributed by atoms with Crippen LogP contribution in [0.15, 0.2) is 42.5 Å². The van der Waals surface area contributed by atoms with E-state index in [2.05, 4.69) is 0 Å². The summed E-state index contributed by atoms with van der Waals surface area (Å²) in [6, 6.07) is 9.01. The Labute approximate surface area is 118 Å². The Hall–Kier alpha value is -2.96. The van der Waals surface area contributed by atoms with Crippen molar-refractivity contribution in [2.75, 3.05) is 0 Å². The third-order valence-electron chi connectivity index (χ3n) is 2.74. The first-order valence-electron chi connectivity index (χ1n) is 5.87. The minimum Gasteiger partial charge on any atom is -0.482 e. The van der Waals surface area contributed by atoms with Gasteiger partial charge in [-0.25, -0.2) is 9.18 Å². The monoisotopic (exact) mass is 291 g/mol. The molecule has 6 nitrogen and oxygen atoms in total. The maximum Gasteiger partial charge on any atom is 0.335 e. The molecule has 0 saturated heterocycles. The Morgan fingerprint density at radius 3 is 2.62 bits per heavy atom. The van der Waals surface area contributed by atoms with Crippen LogP contribution in [0.25, 0.3) is 0 Å². The predicted octanol–water partition coefficient (Wildman–Crippen LogP) is 3.01. The van der Waals surface area contributed by atoms with Gasteiger partial charge in [0.1, 0.15) is 12.4 Å². The summed E-state index contributed by atoms with van der Waals surface area (Å²) < 4.78 is 18.7. The minimum atomic E-state index is -1.24. The molecule has 1 N–H and O–H groups in total. The summed E-state index contributed by atoms with van der Waals surface area (Å²) in [6.07, 6.45) is 0. The van der Waals surface area contributed by atoms with Gasteiger partial charge in [-0.05, 0) is 12.1 Å². The molecule has 0 aliphatic rings. The molecule has 108 valence electrons. The number of aromatic carboxylic acids is 1. The topological polar surface area (TPSA) is 89.7 Å². The molecule has 0 heterocycles. The van der Waals surface area contributed by atoms with E-state index in [0.29, 0.717) is 0 Å². The summed E-state index contributed by atoms with van der Waals surface area (Å²) in [5.41, 5.74) is -0.312. The summed E-state index contributed by atoms with van der Waals surface area (Å²) in [5, 5.41) is 19.8. The molecule has 0 aromatic heterocycles. The second-order valence-electron chi connectivity index (χ2n) is 4.12. The summed E-state index contributed by atoms with van der Waals surface area (Å²) in [4.78, 5) is 21.1. The maximum atomic E-state index is 13.5. The summed E-state index contributed by atoms with van der Waals surface area (Å²) in [6.45, 7) is -0.239. The number of halogens is 1. The van der Waals surface area contributed by atoms with Gasteiger partial charge in [-0.2, -0.15) is 0 Å². The van der Waals surface area contributed by atoms with E-state index in [4.69, 9.17) is 9.84 Å². The molecule has 0 aliphatic carbocycles. The number of nitrogens with zero attached hydrogens (tertiary/aromatic N) is 1. The van der Waals surface area contributed by atoms with E-state index >= 15 is 0 Å². The molecule has 0 aliphatic heterocycles. The standard InChI is InChI=1S/C14H10FNO5/c15-11-4-2-1-3-10(11)8-21-13-7-9(14(17)18)5-6-12(13)16(19)20/h1-7H,8H2,(H,17,18). The highest BCUT2D eigenvalue weighted by atomic mass is 19.1. The van der Waals surface area contributed by atoms with Crippen molar-refractivity contribution < 1.29 is 24.0 Å². The minimum absolute atomic E-state index is 0.149. The molecule has 0 unspecified atom stereocenters. The van der Waals surface area contributed by atoms with Crippen LogP contribution in [0.4, 0.5) is 10.1 Å². The number of rotatable bonds is 5. The van der Waals surface area contributed by atoms with Gasteiger partial charge >= 0.3 is 11.7 Å². The normalized spacial score (nSPS) is 10.1. The quantitative estimate of drug-likeness (QED) is 0.675. The van der Waals surface area contributed by atoms with E-state index < -0.39 is 16.7 Å². The highest BCUT2D eigenvalue weighted by Gasteiger charge is 2.18. The van der Waals surface area contributed by atoms with Gasteiger partial charge < -0.3 is 9.84 Å². The summed E-state index contributed by atoms with van der Waals surface area (Å²) in [5.74, 6) is -1.96. The molecule has 2 aromatic carbocycles. The van der Waals surface area contributed by atoms with Crippen molar-refractivity contribution >= 4 is 11.7 Å². The van der Waals surface area contributed by atoms with E-state index in [0.717, 1.165) is 18.2 Å². The number of carbonyl (C=O) groups is 1. The van der Waals surface area contributed by atoms with Crippen LogP contribution in [0, 0.1) is 15.9 Å². The van der Waals surface area contributed by atoms with Crippen LogP contribution in [-0.4, -0.2) is 16.0 Å². The van der Waals surface area contributed by atoms with Crippen LogP contribution in [0.5, 0.6) is 5.75 Å². The third kappa shape index (κ3) is 3.33. The van der Waals surface area contributed by atoms with Crippen molar-refractivity contribution in [3.05, 3.63) is 69.5 Å². The van der Waals surface area contributed by atoms with Gasteiger partial charge in [-0.3, -0.25) is 10.1 Å². The zero-order valence-electron chi connectivity index (χ0n) is 10.7. The number of nitro groups is 1. The molecular formula is C14H10FNO5. The molecule has 21 heavy (non-hydrogen) atoms. The first-order valence-corrected chi connectivity index (χ1v) is 5.87. The fourth-order valence-electron chi connectivity index (χ4n) is 1.68. The number of carboxylic acids is 1. The molecule has 0 radical (unpaired) electrons. The van der Waals surface area contributed by atoms with E-state index in [-0.39, 0.29) is 29.2 Å². The van der Waals surface area contributed by atoms with Crippen molar-refractivity contribution in [1.82, 2.24) is 0 Å². The van der Waals surface area contributed by atoms with Crippen LogP contribution >= 0.6 is 0 Å². The number of hydrogen-bond acceptors (Lipinski definition) is 4. The number of benzene rings is 2. The van der Waals surface area contributed by atoms with Gasteiger partial charge in [0.25, 0.3) is 0 Å². The SMILES string of the molecule is O=C(O)c1ccc([N+](=O)[O-])c(OCc2ccccc2F)c1. The molecule has 0 fully saturated rings. The highest BCUT2D eigenvalue weighted by molar-refractivity contribution is 5.88. The van der Waals surface area contributed by atoms with Crippen molar-refractivity contribution in [3.63, 3.8) is 0 Å². The van der Waals surface area contributed by atoms with Crippen LogP contribution in [0.2, 0.25) is 0 Å². The van der Waals surface area contributed by atoms with Crippen LogP contribution < -0.4 is 4.74 Å². The van der Waals surface area contributed by atoms with Crippen molar-refractivity contribution in [2.45, 2.75) is 6.61 Å². The fraction of sp³-hybridized carbons (Fsp3) is 0.0714. The van der Waals surface area contributed by atoms with Gasteiger partial charge in [-0.15, -0.1) is 0 Å². The molecule has 0 bridgehead atoms. The third-order valence-corrected chi connectivity index (χ3v) is 2.74. The van der Waals surface area contributed by atoms with Crippen LogP contribution in [-0.2, 0) is 6.61 Å². The van der Waals surface area contributed by atoms with Crippen molar-refractivity contribution in [2.24, 2.45) is 0 Å². The van der Waals surface area contributed by atoms with Gasteiger partial charge in [0.2, 0.25) is 0 Å². The Kier molecular flexibility index (Phi) is 4.13. The molecule has 0 atom stereocenters. The smallest absolute Gasteiger partial charge is 0.335 e. The molecule has 0 amide bonds. The summed E-state index contributed by atoms with van der Waals surface area (Å²) in [7, 11) is 0. The van der Waals surface area contributed by atoms with Crippen molar-refractivity contribution in [1.29, 1.82) is 0 Å². The lowest BCUT2D eigenvalue weighted by molar-refractivity contribution is -0.385. The molecule has 2 aromatic rings. The first kappa shape index (κ1) is 14.4. The number of hydrogen-bond donors (Lipinski definition) is 1. The van der Waals surface area contributed by atoms with E-state index in [1.165, 1.54) is 18.2 Å². The molecule has 0 saturated carbocycles. The maximum absolute atomic E-state index is 13.5. The summed E-state index contributed by atoms with van der Waals surface area (Å²) >= 11 is 0. The Bertz CT molecular complexity index is 702. The Balaban J connectivity index is 2.29. The number of nitro benzene ring substituents is 1. The Morgan fingerprint density at radius 2 is 2.00 bits per heavy atom. The predicted molar refractivity (Wildman–Crippen MR) is 70.8 cm³/mol. The van der Waals surface area contributed by atoms with Gasteiger partial charge in [0.05, 0.1) is 10.5 Å². The largest absolute Gasteiger partial charge is 0.482 e. The zero-order chi connectivity index (χ0) is 15.4. The number of carboxylic acid groups (broad SMARTS) is 1. The number of ether oxygens (including phenoxy) is 1. The second kappa shape index (κ2) is 6.00. The lowest BCUT2D eigenvalue weighted by atomic mass is 10.2. The molecule has 7 heteroatoms. The van der Waals surface area contributed by atoms with Gasteiger partial charge in [0, 0.05) is 17.7 Å². The lowest BCUT2D eigenvalue weighted by Gasteiger charge is -2.08. The average molecular weight is 291 g/mol. The average Bonchev–Trinajstić information content (AvgIpc) is 2.46. The lowest BCUT2D eigenvalue weighted by Crippen LogP contribution is -2.03. The second-order valence-corrected chi connectivity index (χ2v) is 4.12. The van der Waals surface area contributed by atoms with E-state index in [1.54, 1.807) is 6.07 Å². The van der Waals surface area contributed by atoms with Gasteiger partial charge in [-0.1, -0.05) is 18.2 Å². The van der Waals surface area contributed by atoms with Crippen LogP contribution in [0.1, 0.15) is 15.9 Å². The van der Waals surface area contributed by atoms with E-state index in [9.17, 15) is 19.3 Å². The Morgan fingerprint density at radius 1 is 1.29 bits per heavy atom. The molecule has 2 rings (SSSR count). The van der Waals surface area contributed by atoms with E-state index in [1.807, 2.05) is 0 Å². The molecule has 0 spiro atoms. The van der Waals surface area contributed by atoms with Gasteiger partial charge in [0.15, 0.2) is 5.75 Å². The van der Waals surface area contributed by atoms with Crippen molar-refractivity contribution in [3.8, 4) is 5.75 Å². The first-order chi connectivity index (χ1) is 9.99. The zero-order valence-corrected chi connectivity index (χ0v) is 10.7.